The number of hydrogen-bond donors (Lipinski definition) is 3. The van der Waals surface area contributed by atoms with Crippen molar-refractivity contribution in [3.63, 3.8) is 0 Å². The van der Waals surface area contributed by atoms with E-state index in [0.717, 1.165) is 0 Å². The second kappa shape index (κ2) is 6.54. The molecular formula is C14H21NO4. The second-order valence-corrected chi connectivity index (χ2v) is 5.43. The molecule has 0 aromatic heterocycles. The number of aromatic hydroxyl groups is 1. The molecule has 1 aromatic rings. The number of phenols is 1. The summed E-state index contributed by atoms with van der Waals surface area (Å²) in [7, 11) is 0. The molecule has 0 heterocycles. The van der Waals surface area contributed by atoms with Gasteiger partial charge < -0.3 is 20.3 Å². The quantitative estimate of drug-likeness (QED) is 0.701. The van der Waals surface area contributed by atoms with Crippen molar-refractivity contribution in [1.82, 2.24) is 5.32 Å². The van der Waals surface area contributed by atoms with Crippen LogP contribution in [0.25, 0.3) is 0 Å². The number of benzene rings is 1. The monoisotopic (exact) mass is 267 g/mol. The van der Waals surface area contributed by atoms with Crippen molar-refractivity contribution in [2.75, 3.05) is 13.2 Å². The molecule has 0 aliphatic rings. The molecule has 0 radical (unpaired) electrons. The fourth-order valence-electron chi connectivity index (χ4n) is 1.37. The number of aliphatic hydroxyl groups excluding tert-OH is 1. The average Bonchev–Trinajstić information content (AvgIpc) is 2.32. The minimum absolute atomic E-state index is 0.00407. The topological polar surface area (TPSA) is 78.8 Å². The Bertz CT molecular complexity index is 426. The van der Waals surface area contributed by atoms with Crippen LogP contribution in [-0.2, 0) is 4.74 Å². The Labute approximate surface area is 113 Å². The normalized spacial score (nSPS) is 13.1. The number of ether oxygens (including phenoxy) is 1. The zero-order valence-electron chi connectivity index (χ0n) is 11.5. The van der Waals surface area contributed by atoms with Gasteiger partial charge in [-0.2, -0.15) is 0 Å². The standard InChI is InChI=1S/C14H21NO4/c1-14(2,3)15-8-12(17)9-19-13(18)10-5-4-6-11(16)7-10/h4-7,12,15-17H,8-9H2,1-3H3/t12-/m1/s1. The van der Waals surface area contributed by atoms with E-state index >= 15 is 0 Å². The summed E-state index contributed by atoms with van der Waals surface area (Å²) in [6.07, 6.45) is -0.763. The van der Waals surface area contributed by atoms with E-state index in [9.17, 15) is 15.0 Å². The smallest absolute Gasteiger partial charge is 0.338 e. The van der Waals surface area contributed by atoms with Crippen molar-refractivity contribution in [2.24, 2.45) is 0 Å². The summed E-state index contributed by atoms with van der Waals surface area (Å²) in [5.74, 6) is -0.560. The first-order valence-electron chi connectivity index (χ1n) is 6.17. The van der Waals surface area contributed by atoms with Crippen LogP contribution in [0.1, 0.15) is 31.1 Å². The number of nitrogens with one attached hydrogen (secondary N) is 1. The average molecular weight is 267 g/mol. The maximum Gasteiger partial charge on any atom is 0.338 e. The molecule has 106 valence electrons. The Morgan fingerprint density at radius 2 is 2.11 bits per heavy atom. The molecule has 0 amide bonds. The van der Waals surface area contributed by atoms with Crippen molar-refractivity contribution in [1.29, 1.82) is 0 Å². The molecule has 0 saturated carbocycles. The fraction of sp³-hybridized carbons (Fsp3) is 0.500. The van der Waals surface area contributed by atoms with Crippen LogP contribution in [0.4, 0.5) is 0 Å². The Morgan fingerprint density at radius 3 is 2.68 bits per heavy atom. The molecule has 1 rings (SSSR count). The summed E-state index contributed by atoms with van der Waals surface area (Å²) in [4.78, 5) is 11.6. The van der Waals surface area contributed by atoms with Gasteiger partial charge in [0.25, 0.3) is 0 Å². The van der Waals surface area contributed by atoms with Crippen LogP contribution in [-0.4, -0.2) is 41.0 Å². The first-order chi connectivity index (χ1) is 8.78. The molecule has 1 aromatic carbocycles. The van der Waals surface area contributed by atoms with Crippen LogP contribution in [0.2, 0.25) is 0 Å². The number of esters is 1. The highest BCUT2D eigenvalue weighted by Crippen LogP contribution is 2.11. The highest BCUT2D eigenvalue weighted by atomic mass is 16.5. The zero-order valence-corrected chi connectivity index (χ0v) is 11.5. The van der Waals surface area contributed by atoms with Gasteiger partial charge in [0.2, 0.25) is 0 Å². The molecule has 3 N–H and O–H groups in total. The van der Waals surface area contributed by atoms with E-state index in [1.54, 1.807) is 12.1 Å². The third-order valence-corrected chi connectivity index (χ3v) is 2.36. The molecule has 5 heteroatoms. The Hall–Kier alpha value is -1.59. The van der Waals surface area contributed by atoms with Gasteiger partial charge in [0, 0.05) is 12.1 Å². The number of rotatable bonds is 5. The molecule has 0 aliphatic heterocycles. The minimum Gasteiger partial charge on any atom is -0.508 e. The molecule has 0 fully saturated rings. The summed E-state index contributed by atoms with van der Waals surface area (Å²) in [5.41, 5.74) is 0.159. The van der Waals surface area contributed by atoms with Gasteiger partial charge in [0.1, 0.15) is 18.5 Å². The van der Waals surface area contributed by atoms with Gasteiger partial charge in [0.15, 0.2) is 0 Å². The fourth-order valence-corrected chi connectivity index (χ4v) is 1.37. The number of phenolic OH excluding ortho intramolecular Hbond substituents is 1. The van der Waals surface area contributed by atoms with Crippen LogP contribution in [0.3, 0.4) is 0 Å². The second-order valence-electron chi connectivity index (χ2n) is 5.43. The third kappa shape index (κ3) is 6.22. The van der Waals surface area contributed by atoms with Gasteiger partial charge in [-0.05, 0) is 39.0 Å². The number of aliphatic hydroxyl groups is 1. The van der Waals surface area contributed by atoms with E-state index in [0.29, 0.717) is 6.54 Å². The third-order valence-electron chi connectivity index (χ3n) is 2.36. The van der Waals surface area contributed by atoms with Gasteiger partial charge in [-0.3, -0.25) is 0 Å². The van der Waals surface area contributed by atoms with Crippen molar-refractivity contribution in [2.45, 2.75) is 32.4 Å². The molecular weight excluding hydrogens is 246 g/mol. The lowest BCUT2D eigenvalue weighted by Crippen LogP contribution is -2.42. The van der Waals surface area contributed by atoms with Crippen LogP contribution in [0.5, 0.6) is 5.75 Å². The summed E-state index contributed by atoms with van der Waals surface area (Å²) in [5, 5.41) is 22.0. The van der Waals surface area contributed by atoms with Crippen molar-refractivity contribution >= 4 is 5.97 Å². The van der Waals surface area contributed by atoms with Gasteiger partial charge in [-0.25, -0.2) is 4.79 Å². The molecule has 0 unspecified atom stereocenters. The van der Waals surface area contributed by atoms with Gasteiger partial charge in [-0.1, -0.05) is 6.07 Å². The van der Waals surface area contributed by atoms with E-state index in [2.05, 4.69) is 5.32 Å². The molecule has 0 bridgehead atoms. The molecule has 1 atom stereocenters. The van der Waals surface area contributed by atoms with Crippen LogP contribution in [0, 0.1) is 0 Å². The summed E-state index contributed by atoms with van der Waals surface area (Å²) < 4.78 is 4.97. The predicted molar refractivity (Wildman–Crippen MR) is 72.2 cm³/mol. The van der Waals surface area contributed by atoms with E-state index < -0.39 is 12.1 Å². The van der Waals surface area contributed by atoms with E-state index in [1.807, 2.05) is 20.8 Å². The lowest BCUT2D eigenvalue weighted by molar-refractivity contribution is 0.0247. The maximum absolute atomic E-state index is 11.6. The van der Waals surface area contributed by atoms with E-state index in [1.165, 1.54) is 12.1 Å². The Kier molecular flexibility index (Phi) is 5.32. The number of carbonyl (C=O) groups excluding carboxylic acids is 1. The molecule has 0 saturated heterocycles. The van der Waals surface area contributed by atoms with Gasteiger partial charge in [0.05, 0.1) is 5.56 Å². The van der Waals surface area contributed by atoms with E-state index in [4.69, 9.17) is 4.74 Å². The van der Waals surface area contributed by atoms with Gasteiger partial charge in [-0.15, -0.1) is 0 Å². The summed E-state index contributed by atoms with van der Waals surface area (Å²) >= 11 is 0. The van der Waals surface area contributed by atoms with Gasteiger partial charge >= 0.3 is 5.97 Å². The SMILES string of the molecule is CC(C)(C)NC[C@@H](O)COC(=O)c1cccc(O)c1. The molecule has 19 heavy (non-hydrogen) atoms. The summed E-state index contributed by atoms with van der Waals surface area (Å²) in [6.45, 7) is 6.21. The number of β-amino-alcohol motifs (C(OH)–C–C–N with tert-alkyl or cyclic N) is 1. The molecule has 0 spiro atoms. The first-order valence-corrected chi connectivity index (χ1v) is 6.17. The lowest BCUT2D eigenvalue weighted by atomic mass is 10.1. The number of hydrogen-bond acceptors (Lipinski definition) is 5. The highest BCUT2D eigenvalue weighted by Gasteiger charge is 2.14. The predicted octanol–water partition coefficient (Wildman–Crippen LogP) is 1.30. The first kappa shape index (κ1) is 15.5. The Balaban J connectivity index is 2.38. The minimum atomic E-state index is -0.763. The van der Waals surface area contributed by atoms with Crippen LogP contribution >= 0.6 is 0 Å². The van der Waals surface area contributed by atoms with Crippen LogP contribution < -0.4 is 5.32 Å². The van der Waals surface area contributed by atoms with Crippen molar-refractivity contribution in [3.05, 3.63) is 29.8 Å². The Morgan fingerprint density at radius 1 is 1.42 bits per heavy atom. The molecule has 0 aliphatic carbocycles. The van der Waals surface area contributed by atoms with Crippen molar-refractivity contribution < 1.29 is 19.7 Å². The number of carbonyl (C=O) groups is 1. The highest BCUT2D eigenvalue weighted by molar-refractivity contribution is 5.89. The largest absolute Gasteiger partial charge is 0.508 e. The zero-order chi connectivity index (χ0) is 14.5. The van der Waals surface area contributed by atoms with Crippen LogP contribution in [0.15, 0.2) is 24.3 Å². The maximum atomic E-state index is 11.6. The lowest BCUT2D eigenvalue weighted by Gasteiger charge is -2.22. The van der Waals surface area contributed by atoms with Crippen molar-refractivity contribution in [3.8, 4) is 5.75 Å². The molecule has 5 nitrogen and oxygen atoms in total. The summed E-state index contributed by atoms with van der Waals surface area (Å²) in [6, 6.07) is 5.90. The van der Waals surface area contributed by atoms with E-state index in [-0.39, 0.29) is 23.5 Å².